The van der Waals surface area contributed by atoms with Gasteiger partial charge in [-0.25, -0.2) is 5.43 Å². The number of hydrazine groups is 1. The summed E-state index contributed by atoms with van der Waals surface area (Å²) in [5.41, 5.74) is 10.1. The van der Waals surface area contributed by atoms with E-state index in [1.165, 1.54) is 5.56 Å². The van der Waals surface area contributed by atoms with Gasteiger partial charge in [0.1, 0.15) is 0 Å². The molecular formula is C15H26N4O. The fourth-order valence-electron chi connectivity index (χ4n) is 1.90. The van der Waals surface area contributed by atoms with Crippen molar-refractivity contribution in [3.8, 4) is 0 Å². The number of unbranched alkanes of at least 4 members (excludes halogenated alkanes) is 1. The molecule has 1 aromatic rings. The molecule has 0 spiro atoms. The molecule has 112 valence electrons. The second kappa shape index (κ2) is 8.68. The summed E-state index contributed by atoms with van der Waals surface area (Å²) >= 11 is 0. The average molecular weight is 278 g/mol. The van der Waals surface area contributed by atoms with Crippen molar-refractivity contribution >= 4 is 5.91 Å². The van der Waals surface area contributed by atoms with E-state index in [9.17, 15) is 4.79 Å². The summed E-state index contributed by atoms with van der Waals surface area (Å²) in [6, 6.07) is 7.76. The van der Waals surface area contributed by atoms with E-state index in [1.54, 1.807) is 0 Å². The molecule has 0 aromatic heterocycles. The molecule has 0 aliphatic heterocycles. The third kappa shape index (κ3) is 5.69. The Kier molecular flexibility index (Phi) is 7.22. The molecule has 0 fully saturated rings. The van der Waals surface area contributed by atoms with Gasteiger partial charge in [0.25, 0.3) is 5.91 Å². The van der Waals surface area contributed by atoms with Gasteiger partial charge >= 0.3 is 0 Å². The van der Waals surface area contributed by atoms with Crippen LogP contribution in [0.15, 0.2) is 24.3 Å². The molecule has 1 aromatic carbocycles. The maximum Gasteiger partial charge on any atom is 0.251 e. The lowest BCUT2D eigenvalue weighted by atomic mass is 10.0. The van der Waals surface area contributed by atoms with Crippen molar-refractivity contribution in [3.05, 3.63) is 35.4 Å². The molecule has 20 heavy (non-hydrogen) atoms. The van der Waals surface area contributed by atoms with Crippen LogP contribution in [0.4, 0.5) is 0 Å². The predicted octanol–water partition coefficient (Wildman–Crippen LogP) is 1.46. The third-order valence-corrected chi connectivity index (χ3v) is 3.28. The summed E-state index contributed by atoms with van der Waals surface area (Å²) in [6.07, 6.45) is 2.45. The molecule has 0 radical (unpaired) electrons. The van der Waals surface area contributed by atoms with Crippen LogP contribution >= 0.6 is 0 Å². The van der Waals surface area contributed by atoms with Crippen molar-refractivity contribution in [3.63, 3.8) is 0 Å². The number of hydrogen-bond donors (Lipinski definition) is 4. The number of amides is 1. The molecular weight excluding hydrogens is 252 g/mol. The molecule has 0 unspecified atom stereocenters. The zero-order valence-electron chi connectivity index (χ0n) is 12.4. The van der Waals surface area contributed by atoms with Crippen LogP contribution in [0.25, 0.3) is 0 Å². The lowest BCUT2D eigenvalue weighted by Crippen LogP contribution is -2.42. The van der Waals surface area contributed by atoms with Gasteiger partial charge in [-0.2, -0.15) is 0 Å². The SMILES string of the molecule is CC(C)c1ccc(C(=O)NCCCC[C@H](N)NN)cc1. The molecule has 1 rings (SSSR count). The van der Waals surface area contributed by atoms with Crippen LogP contribution in [0.3, 0.4) is 0 Å². The monoisotopic (exact) mass is 278 g/mol. The molecule has 0 saturated heterocycles. The highest BCUT2D eigenvalue weighted by atomic mass is 16.1. The van der Waals surface area contributed by atoms with E-state index < -0.39 is 0 Å². The van der Waals surface area contributed by atoms with Crippen LogP contribution in [0, 0.1) is 0 Å². The lowest BCUT2D eigenvalue weighted by molar-refractivity contribution is 0.0953. The van der Waals surface area contributed by atoms with Crippen LogP contribution in [0.1, 0.15) is 54.9 Å². The Bertz CT molecular complexity index is 403. The summed E-state index contributed by atoms with van der Waals surface area (Å²) in [5.74, 6) is 5.65. The van der Waals surface area contributed by atoms with Gasteiger partial charge in [-0.05, 0) is 42.9 Å². The Morgan fingerprint density at radius 3 is 2.40 bits per heavy atom. The quantitative estimate of drug-likeness (QED) is 0.251. The molecule has 0 aliphatic carbocycles. The number of hydrogen-bond acceptors (Lipinski definition) is 4. The van der Waals surface area contributed by atoms with E-state index in [-0.39, 0.29) is 12.1 Å². The third-order valence-electron chi connectivity index (χ3n) is 3.28. The highest BCUT2D eigenvalue weighted by molar-refractivity contribution is 5.94. The Labute approximate surface area is 121 Å². The Morgan fingerprint density at radius 2 is 1.85 bits per heavy atom. The first-order valence-corrected chi connectivity index (χ1v) is 7.14. The van der Waals surface area contributed by atoms with Gasteiger partial charge in [-0.3, -0.25) is 10.6 Å². The van der Waals surface area contributed by atoms with Gasteiger partial charge in [-0.1, -0.05) is 26.0 Å². The van der Waals surface area contributed by atoms with Crippen molar-refractivity contribution in [2.24, 2.45) is 11.6 Å². The second-order valence-corrected chi connectivity index (χ2v) is 5.30. The van der Waals surface area contributed by atoms with Gasteiger partial charge in [0.05, 0.1) is 6.17 Å². The topological polar surface area (TPSA) is 93.2 Å². The minimum absolute atomic E-state index is 0.0263. The van der Waals surface area contributed by atoms with E-state index in [1.807, 2.05) is 24.3 Å². The first-order valence-electron chi connectivity index (χ1n) is 7.14. The molecule has 5 nitrogen and oxygen atoms in total. The number of carbonyl (C=O) groups excluding carboxylic acids is 1. The van der Waals surface area contributed by atoms with Gasteiger partial charge < -0.3 is 11.1 Å². The maximum absolute atomic E-state index is 11.9. The van der Waals surface area contributed by atoms with Crippen molar-refractivity contribution in [1.82, 2.24) is 10.7 Å². The first-order chi connectivity index (χ1) is 9.54. The van der Waals surface area contributed by atoms with Crippen LogP contribution in [-0.2, 0) is 0 Å². The number of benzene rings is 1. The van der Waals surface area contributed by atoms with Crippen LogP contribution in [-0.4, -0.2) is 18.6 Å². The maximum atomic E-state index is 11.9. The standard InChI is InChI=1S/C15H26N4O/c1-11(2)12-6-8-13(9-7-12)15(20)18-10-4-3-5-14(16)19-17/h6-9,11,14,19H,3-5,10,16-17H2,1-2H3,(H,18,20)/t14-/m1/s1. The normalized spacial score (nSPS) is 12.4. The fraction of sp³-hybridized carbons (Fsp3) is 0.533. The minimum Gasteiger partial charge on any atom is -0.352 e. The van der Waals surface area contributed by atoms with Crippen LogP contribution < -0.4 is 22.3 Å². The van der Waals surface area contributed by atoms with E-state index in [2.05, 4.69) is 24.6 Å². The Hall–Kier alpha value is -1.43. The largest absolute Gasteiger partial charge is 0.352 e. The molecule has 0 aliphatic rings. The lowest BCUT2D eigenvalue weighted by Gasteiger charge is -2.10. The number of nitrogens with two attached hydrogens (primary N) is 2. The Balaban J connectivity index is 2.29. The molecule has 0 saturated carbocycles. The molecule has 0 bridgehead atoms. The van der Waals surface area contributed by atoms with Crippen molar-refractivity contribution in [2.75, 3.05) is 6.54 Å². The summed E-state index contributed by atoms with van der Waals surface area (Å²) < 4.78 is 0. The van der Waals surface area contributed by atoms with Crippen LogP contribution in [0.5, 0.6) is 0 Å². The Morgan fingerprint density at radius 1 is 1.20 bits per heavy atom. The van der Waals surface area contributed by atoms with E-state index >= 15 is 0 Å². The smallest absolute Gasteiger partial charge is 0.251 e. The molecule has 5 heteroatoms. The molecule has 0 heterocycles. The van der Waals surface area contributed by atoms with E-state index in [0.29, 0.717) is 18.0 Å². The molecule has 1 atom stereocenters. The number of rotatable bonds is 8. The van der Waals surface area contributed by atoms with Crippen molar-refractivity contribution in [2.45, 2.75) is 45.2 Å². The van der Waals surface area contributed by atoms with Crippen molar-refractivity contribution < 1.29 is 4.79 Å². The highest BCUT2D eigenvalue weighted by Gasteiger charge is 2.06. The van der Waals surface area contributed by atoms with Crippen molar-refractivity contribution in [1.29, 1.82) is 0 Å². The minimum atomic E-state index is -0.172. The molecule has 6 N–H and O–H groups in total. The summed E-state index contributed by atoms with van der Waals surface area (Å²) in [5, 5.41) is 2.91. The second-order valence-electron chi connectivity index (χ2n) is 5.30. The van der Waals surface area contributed by atoms with E-state index in [4.69, 9.17) is 11.6 Å². The van der Waals surface area contributed by atoms with Gasteiger partial charge in [-0.15, -0.1) is 0 Å². The zero-order valence-corrected chi connectivity index (χ0v) is 12.4. The fourth-order valence-corrected chi connectivity index (χ4v) is 1.90. The van der Waals surface area contributed by atoms with E-state index in [0.717, 1.165) is 19.3 Å². The number of nitrogens with one attached hydrogen (secondary N) is 2. The summed E-state index contributed by atoms with van der Waals surface area (Å²) in [7, 11) is 0. The first kappa shape index (κ1) is 16.6. The summed E-state index contributed by atoms with van der Waals surface area (Å²) in [6.45, 7) is 4.92. The predicted molar refractivity (Wildman–Crippen MR) is 82.0 cm³/mol. The summed E-state index contributed by atoms with van der Waals surface area (Å²) in [4.78, 5) is 11.9. The highest BCUT2D eigenvalue weighted by Crippen LogP contribution is 2.14. The van der Waals surface area contributed by atoms with Gasteiger partial charge in [0.2, 0.25) is 0 Å². The average Bonchev–Trinajstić information content (AvgIpc) is 2.46. The van der Waals surface area contributed by atoms with Gasteiger partial charge in [0, 0.05) is 12.1 Å². The van der Waals surface area contributed by atoms with Crippen LogP contribution in [0.2, 0.25) is 0 Å². The number of carbonyl (C=O) groups is 1. The zero-order chi connectivity index (χ0) is 15.0. The molecule has 1 amide bonds. The van der Waals surface area contributed by atoms with Gasteiger partial charge in [0.15, 0.2) is 0 Å².